The van der Waals surface area contributed by atoms with Crippen molar-refractivity contribution >= 4 is 11.9 Å². The summed E-state index contributed by atoms with van der Waals surface area (Å²) in [5.74, 6) is -0.948. The molecule has 0 amide bonds. The average Bonchev–Trinajstić information content (AvgIpc) is 2.77. The molecule has 0 aliphatic carbocycles. The molecule has 0 aliphatic rings. The molecule has 2 aromatic rings. The predicted molar refractivity (Wildman–Crippen MR) is 101 cm³/mol. The second-order valence-electron chi connectivity index (χ2n) is 5.64. The summed E-state index contributed by atoms with van der Waals surface area (Å²) in [6.07, 6.45) is 1.10. The van der Waals surface area contributed by atoms with E-state index in [0.717, 1.165) is 0 Å². The fourth-order valence-corrected chi connectivity index (χ4v) is 2.25. The molecule has 0 heterocycles. The molecule has 0 fully saturated rings. The minimum Gasteiger partial charge on any atom is -0.496 e. The number of hydrogen-bond donors (Lipinski definition) is 0. The molecule has 8 nitrogen and oxygen atoms in total. The molecule has 154 valence electrons. The quantitative estimate of drug-likeness (QED) is 0.410. The molecule has 0 saturated heterocycles. The van der Waals surface area contributed by atoms with Crippen molar-refractivity contribution < 1.29 is 38.6 Å². The highest BCUT2D eigenvalue weighted by Crippen LogP contribution is 2.23. The molecule has 0 aliphatic heterocycles. The highest BCUT2D eigenvalue weighted by atomic mass is 17.3. The summed E-state index contributed by atoms with van der Waals surface area (Å²) in [6, 6.07) is 13.0. The van der Waals surface area contributed by atoms with Crippen LogP contribution < -0.4 is 9.47 Å². The summed E-state index contributed by atoms with van der Waals surface area (Å²) in [7, 11) is 2.86. The van der Waals surface area contributed by atoms with Crippen LogP contribution in [0, 0.1) is 13.2 Å². The molecule has 0 bridgehead atoms. The monoisotopic (exact) mass is 402 g/mol. The van der Waals surface area contributed by atoms with Crippen molar-refractivity contribution in [3.63, 3.8) is 0 Å². The van der Waals surface area contributed by atoms with Gasteiger partial charge in [-0.2, -0.15) is 0 Å². The van der Waals surface area contributed by atoms with Gasteiger partial charge in [-0.05, 0) is 30.7 Å². The first-order valence-electron chi connectivity index (χ1n) is 8.79. The van der Waals surface area contributed by atoms with Crippen molar-refractivity contribution in [2.24, 2.45) is 0 Å². The fraction of sp³-hybridized carbons (Fsp3) is 0.238. The zero-order valence-electron chi connectivity index (χ0n) is 16.2. The lowest BCUT2D eigenvalue weighted by Gasteiger charge is -2.14. The highest BCUT2D eigenvalue weighted by molar-refractivity contribution is 5.92. The van der Waals surface area contributed by atoms with Gasteiger partial charge in [0.2, 0.25) is 0 Å². The smallest absolute Gasteiger partial charge is 0.376 e. The van der Waals surface area contributed by atoms with Gasteiger partial charge in [-0.15, -0.1) is 9.78 Å². The standard InChI is InChI=1S/C21H22O8/c1-4-5-14-19(26-28-20(22)15-10-6-8-12-17(15)24-2)27-29-21(23)16-11-7-9-13-18(16)25-3/h6-13H,1,4-5,14H2,2-3H3. The average molecular weight is 402 g/mol. The Balaban J connectivity index is 1.96. The van der Waals surface area contributed by atoms with Gasteiger partial charge in [-0.25, -0.2) is 9.59 Å². The predicted octanol–water partition coefficient (Wildman–Crippen LogP) is 4.07. The number of methoxy groups -OCH3 is 2. The van der Waals surface area contributed by atoms with E-state index in [-0.39, 0.29) is 23.8 Å². The number of carbonyl (C=O) groups is 2. The van der Waals surface area contributed by atoms with Crippen LogP contribution in [0.25, 0.3) is 0 Å². The van der Waals surface area contributed by atoms with E-state index in [0.29, 0.717) is 24.3 Å². The third kappa shape index (κ3) is 6.48. The molecule has 2 radical (unpaired) electrons. The van der Waals surface area contributed by atoms with Crippen molar-refractivity contribution in [1.82, 2.24) is 0 Å². The third-order valence-electron chi connectivity index (χ3n) is 3.71. The van der Waals surface area contributed by atoms with Gasteiger partial charge < -0.3 is 9.47 Å². The van der Waals surface area contributed by atoms with Crippen LogP contribution in [-0.4, -0.2) is 26.2 Å². The minimum atomic E-state index is -0.797. The fourth-order valence-electron chi connectivity index (χ4n) is 2.25. The van der Waals surface area contributed by atoms with Gasteiger partial charge in [0, 0.05) is 6.42 Å². The second-order valence-corrected chi connectivity index (χ2v) is 5.64. The molecular weight excluding hydrogens is 380 g/mol. The summed E-state index contributed by atoms with van der Waals surface area (Å²) in [5, 5.41) is 0. The van der Waals surface area contributed by atoms with Crippen LogP contribution in [0.2, 0.25) is 0 Å². The zero-order valence-corrected chi connectivity index (χ0v) is 16.2. The number of hydrogen-bond acceptors (Lipinski definition) is 8. The molecule has 2 rings (SSSR count). The third-order valence-corrected chi connectivity index (χ3v) is 3.71. The van der Waals surface area contributed by atoms with E-state index in [1.54, 1.807) is 36.4 Å². The first-order valence-corrected chi connectivity index (χ1v) is 8.79. The van der Waals surface area contributed by atoms with Crippen LogP contribution in [0.1, 0.15) is 40.0 Å². The zero-order chi connectivity index (χ0) is 21.1. The van der Waals surface area contributed by atoms with Crippen molar-refractivity contribution in [3.8, 4) is 11.5 Å². The van der Waals surface area contributed by atoms with Crippen molar-refractivity contribution in [1.29, 1.82) is 0 Å². The van der Waals surface area contributed by atoms with Crippen LogP contribution in [0.15, 0.2) is 48.5 Å². The summed E-state index contributed by atoms with van der Waals surface area (Å²) in [6.45, 7) is 3.72. The maximum Gasteiger partial charge on any atom is 0.376 e. The number of unbranched alkanes of at least 4 members (excludes halogenated alkanes) is 1. The molecule has 8 heteroatoms. The van der Waals surface area contributed by atoms with E-state index in [2.05, 4.69) is 6.92 Å². The molecular formula is C21H22O8. The summed E-state index contributed by atoms with van der Waals surface area (Å²) >= 11 is 0. The topological polar surface area (TPSA) is 89.5 Å². The molecule has 0 spiro atoms. The Morgan fingerprint density at radius 3 is 1.62 bits per heavy atom. The molecule has 0 saturated carbocycles. The highest BCUT2D eigenvalue weighted by Gasteiger charge is 2.23. The van der Waals surface area contributed by atoms with Gasteiger partial charge in [-0.3, -0.25) is 9.78 Å². The summed E-state index contributed by atoms with van der Waals surface area (Å²) in [4.78, 5) is 43.9. The van der Waals surface area contributed by atoms with E-state index >= 15 is 0 Å². The first kappa shape index (κ1) is 22.2. The van der Waals surface area contributed by atoms with E-state index in [4.69, 9.17) is 29.0 Å². The van der Waals surface area contributed by atoms with Crippen LogP contribution in [0.3, 0.4) is 0 Å². The Kier molecular flexibility index (Phi) is 8.94. The van der Waals surface area contributed by atoms with Crippen LogP contribution in [0.4, 0.5) is 0 Å². The van der Waals surface area contributed by atoms with Crippen molar-refractivity contribution in [2.45, 2.75) is 19.3 Å². The molecule has 0 unspecified atom stereocenters. The van der Waals surface area contributed by atoms with E-state index in [9.17, 15) is 9.59 Å². The van der Waals surface area contributed by atoms with Gasteiger partial charge in [0.05, 0.1) is 14.2 Å². The molecule has 0 N–H and O–H groups in total. The maximum absolute atomic E-state index is 12.2. The minimum absolute atomic E-state index is 0.164. The van der Waals surface area contributed by atoms with E-state index in [1.807, 2.05) is 0 Å². The Bertz CT molecular complexity index is 741. The van der Waals surface area contributed by atoms with E-state index < -0.39 is 11.9 Å². The summed E-state index contributed by atoms with van der Waals surface area (Å²) < 4.78 is 10.2. The van der Waals surface area contributed by atoms with Gasteiger partial charge >= 0.3 is 18.2 Å². The van der Waals surface area contributed by atoms with Crippen LogP contribution in [0.5, 0.6) is 11.5 Å². The largest absolute Gasteiger partial charge is 0.496 e. The number of carbonyl (C=O) groups excluding carboxylic acids is 2. The molecule has 0 aromatic heterocycles. The molecule has 0 atom stereocenters. The van der Waals surface area contributed by atoms with Crippen LogP contribution in [-0.2, 0) is 19.6 Å². The van der Waals surface area contributed by atoms with Gasteiger partial charge in [0.25, 0.3) is 0 Å². The number of rotatable bonds is 11. The lowest BCUT2D eigenvalue weighted by Crippen LogP contribution is -2.16. The summed E-state index contributed by atoms with van der Waals surface area (Å²) in [5.41, 5.74) is 0.329. The molecule has 29 heavy (non-hydrogen) atoms. The van der Waals surface area contributed by atoms with E-state index in [1.165, 1.54) is 26.4 Å². The van der Waals surface area contributed by atoms with Crippen molar-refractivity contribution in [2.75, 3.05) is 14.2 Å². The van der Waals surface area contributed by atoms with Gasteiger partial charge in [-0.1, -0.05) is 37.6 Å². The normalized spacial score (nSPS) is 10.5. The first-order chi connectivity index (χ1) is 14.1. The van der Waals surface area contributed by atoms with Gasteiger partial charge in [0.1, 0.15) is 22.6 Å². The number of para-hydroxylation sites is 2. The SMILES string of the molecule is [CH2]CCC[C](OOC(=O)c1ccccc1OC)OOC(=O)c1ccccc1OC. The Morgan fingerprint density at radius 1 is 0.759 bits per heavy atom. The Labute approximate surface area is 169 Å². The van der Waals surface area contributed by atoms with Crippen LogP contribution >= 0.6 is 0 Å². The number of ether oxygens (including phenoxy) is 2. The van der Waals surface area contributed by atoms with Crippen molar-refractivity contribution in [3.05, 3.63) is 72.9 Å². The Morgan fingerprint density at radius 2 is 1.21 bits per heavy atom. The molecule has 2 aromatic carbocycles. The second kappa shape index (κ2) is 11.7. The number of benzene rings is 2. The maximum atomic E-state index is 12.2. The lowest BCUT2D eigenvalue weighted by atomic mass is 10.2. The van der Waals surface area contributed by atoms with Gasteiger partial charge in [0.15, 0.2) is 0 Å². The Hall–Kier alpha value is -3.10. The lowest BCUT2D eigenvalue weighted by molar-refractivity contribution is -0.363.